The maximum atomic E-state index is 14.6. The molecule has 0 spiro atoms. The molecular formula is C42H55N7O8. The van der Waals surface area contributed by atoms with Gasteiger partial charge in [-0.2, -0.15) is 0 Å². The largest absolute Gasteiger partial charge is 0.469 e. The second-order valence-corrected chi connectivity index (χ2v) is 14.6. The maximum absolute atomic E-state index is 14.6. The average molecular weight is 786 g/mol. The lowest BCUT2D eigenvalue weighted by Crippen LogP contribution is -2.58. The summed E-state index contributed by atoms with van der Waals surface area (Å²) < 4.78 is 10.9. The molecule has 3 heterocycles. The number of rotatable bonds is 10. The van der Waals surface area contributed by atoms with Gasteiger partial charge in [-0.3, -0.25) is 29.3 Å². The highest BCUT2D eigenvalue weighted by Crippen LogP contribution is 2.35. The van der Waals surface area contributed by atoms with E-state index in [4.69, 9.17) is 14.9 Å². The van der Waals surface area contributed by atoms with E-state index >= 15 is 0 Å². The van der Waals surface area contributed by atoms with Gasteiger partial charge in [-0.1, -0.05) is 54.1 Å². The van der Waals surface area contributed by atoms with E-state index in [2.05, 4.69) is 26.6 Å². The van der Waals surface area contributed by atoms with Crippen molar-refractivity contribution in [1.29, 1.82) is 0 Å². The number of carbonyl (C=O) groups is 5. The van der Waals surface area contributed by atoms with Crippen LogP contribution in [0.4, 0.5) is 0 Å². The smallest absolute Gasteiger partial charge is 0.246 e. The van der Waals surface area contributed by atoms with E-state index in [1.807, 2.05) is 31.2 Å². The van der Waals surface area contributed by atoms with Crippen LogP contribution in [0.15, 0.2) is 83.5 Å². The van der Waals surface area contributed by atoms with Crippen LogP contribution in [0.3, 0.4) is 0 Å². The molecule has 15 nitrogen and oxygen atoms in total. The number of aliphatic hydroxyl groups excluding tert-OH is 1. The molecule has 1 unspecified atom stereocenters. The second kappa shape index (κ2) is 21.3. The third-order valence-corrected chi connectivity index (χ3v) is 10.2. The fourth-order valence-electron chi connectivity index (χ4n) is 7.15. The summed E-state index contributed by atoms with van der Waals surface area (Å²) in [5.74, 6) is -1.56. The number of amides is 5. The summed E-state index contributed by atoms with van der Waals surface area (Å²) in [6.07, 6.45) is 4.30. The first-order valence-electron chi connectivity index (χ1n) is 19.5. The van der Waals surface area contributed by atoms with Crippen molar-refractivity contribution in [3.63, 3.8) is 0 Å². The molecular weight excluding hydrogens is 731 g/mol. The molecule has 57 heavy (non-hydrogen) atoms. The Balaban J connectivity index is 1.44. The number of furan rings is 1. The van der Waals surface area contributed by atoms with Crippen LogP contribution < -0.4 is 32.3 Å². The highest BCUT2D eigenvalue weighted by Gasteiger charge is 2.44. The number of aliphatic hydroxyl groups is 1. The minimum atomic E-state index is -1.24. The molecule has 306 valence electrons. The number of ether oxygens (including phenoxy) is 1. The summed E-state index contributed by atoms with van der Waals surface area (Å²) in [5, 5.41) is 25.2. The van der Waals surface area contributed by atoms with Gasteiger partial charge in [0.2, 0.25) is 29.5 Å². The number of hydrogen-bond donors (Lipinski definition) is 7. The van der Waals surface area contributed by atoms with Crippen LogP contribution in [0, 0.1) is 12.3 Å². The van der Waals surface area contributed by atoms with Crippen LogP contribution in [0.25, 0.3) is 0 Å². The van der Waals surface area contributed by atoms with Crippen LogP contribution >= 0.6 is 0 Å². The Hall–Kier alpha value is -5.35. The molecule has 1 saturated heterocycles. The van der Waals surface area contributed by atoms with E-state index in [0.29, 0.717) is 55.8 Å². The quantitative estimate of drug-likeness (QED) is 0.143. The van der Waals surface area contributed by atoms with Crippen molar-refractivity contribution in [2.24, 2.45) is 11.1 Å². The summed E-state index contributed by atoms with van der Waals surface area (Å²) in [4.78, 5) is 70.5. The molecule has 0 radical (unpaired) electrons. The Bertz CT molecular complexity index is 1830. The Morgan fingerprint density at radius 1 is 1.04 bits per heavy atom. The van der Waals surface area contributed by atoms with Crippen molar-refractivity contribution in [1.82, 2.24) is 31.5 Å². The van der Waals surface area contributed by atoms with Gasteiger partial charge in [-0.05, 0) is 67.5 Å². The Morgan fingerprint density at radius 3 is 2.58 bits per heavy atom. The molecule has 0 aliphatic carbocycles. The third-order valence-electron chi connectivity index (χ3n) is 10.2. The van der Waals surface area contributed by atoms with Gasteiger partial charge in [0.25, 0.3) is 0 Å². The van der Waals surface area contributed by atoms with Crippen molar-refractivity contribution < 1.29 is 38.2 Å². The predicted molar refractivity (Wildman–Crippen MR) is 212 cm³/mol. The van der Waals surface area contributed by atoms with E-state index in [-0.39, 0.29) is 63.9 Å². The number of fused-ring (bicyclic) bond motifs is 3. The number of piperidine rings is 1. The Morgan fingerprint density at radius 2 is 1.82 bits per heavy atom. The van der Waals surface area contributed by atoms with Crippen molar-refractivity contribution in [2.45, 2.75) is 70.3 Å². The van der Waals surface area contributed by atoms with E-state index in [9.17, 15) is 29.1 Å². The van der Waals surface area contributed by atoms with E-state index in [0.717, 1.165) is 11.1 Å². The number of aryl methyl sites for hydroxylation is 1. The van der Waals surface area contributed by atoms with E-state index in [1.54, 1.807) is 41.3 Å². The molecule has 0 saturated carbocycles. The van der Waals surface area contributed by atoms with Crippen molar-refractivity contribution in [3.05, 3.63) is 107 Å². The first-order valence-corrected chi connectivity index (χ1v) is 19.5. The van der Waals surface area contributed by atoms with Crippen LogP contribution in [-0.2, 0) is 54.5 Å². The molecule has 2 aliphatic heterocycles. The number of nitrogens with two attached hydrogens (primary N) is 1. The van der Waals surface area contributed by atoms with Crippen molar-refractivity contribution in [2.75, 3.05) is 45.9 Å². The highest BCUT2D eigenvalue weighted by atomic mass is 16.5. The monoisotopic (exact) mass is 785 g/mol. The SMILES string of the molecule is Cc1ccc(C[C@@]23CCCN(C2)C(=O)/C=C/C(O)NCC[C@@H](C(=O)NCCOCCN)NC(=O)Cc2ccccc2CNC(=O)[C@H](Cc2ccco2)NC3=O)cc1. The zero-order chi connectivity index (χ0) is 40.6. The van der Waals surface area contributed by atoms with Crippen molar-refractivity contribution >= 4 is 29.5 Å². The number of carbonyl (C=O) groups excluding carboxylic acids is 5. The molecule has 1 fully saturated rings. The van der Waals surface area contributed by atoms with Crippen LogP contribution in [0.2, 0.25) is 0 Å². The molecule has 5 amide bonds. The first kappa shape index (κ1) is 42.8. The summed E-state index contributed by atoms with van der Waals surface area (Å²) in [5.41, 5.74) is 7.71. The fraction of sp³-hybridized carbons (Fsp3) is 0.452. The minimum absolute atomic E-state index is 0.0600. The highest BCUT2D eigenvalue weighted by molar-refractivity contribution is 5.92. The number of nitrogens with zero attached hydrogens (tertiary/aromatic N) is 1. The molecule has 2 aromatic carbocycles. The topological polar surface area (TPSA) is 217 Å². The van der Waals surface area contributed by atoms with Gasteiger partial charge in [0.05, 0.1) is 31.3 Å². The number of nitrogens with one attached hydrogen (secondary N) is 5. The van der Waals surface area contributed by atoms with Gasteiger partial charge in [-0.25, -0.2) is 0 Å². The van der Waals surface area contributed by atoms with Crippen LogP contribution in [-0.4, -0.2) is 104 Å². The summed E-state index contributed by atoms with van der Waals surface area (Å²) in [7, 11) is 0. The van der Waals surface area contributed by atoms with Crippen LogP contribution in [0.1, 0.15) is 47.3 Å². The molecule has 2 aliphatic rings. The molecule has 2 bridgehead atoms. The molecule has 3 aromatic rings. The van der Waals surface area contributed by atoms with Gasteiger partial charge >= 0.3 is 0 Å². The zero-order valence-electron chi connectivity index (χ0n) is 32.5. The van der Waals surface area contributed by atoms with Gasteiger partial charge in [0, 0.05) is 51.8 Å². The molecule has 8 N–H and O–H groups in total. The summed E-state index contributed by atoms with van der Waals surface area (Å²) >= 11 is 0. The Kier molecular flexibility index (Phi) is 16.0. The lowest BCUT2D eigenvalue weighted by atomic mass is 9.74. The van der Waals surface area contributed by atoms with Gasteiger partial charge < -0.3 is 46.2 Å². The predicted octanol–water partition coefficient (Wildman–Crippen LogP) is 0.770. The molecule has 4 atom stereocenters. The second-order valence-electron chi connectivity index (χ2n) is 14.6. The number of hydrogen-bond acceptors (Lipinski definition) is 10. The molecule has 5 rings (SSSR count). The van der Waals surface area contributed by atoms with E-state index < -0.39 is 41.4 Å². The van der Waals surface area contributed by atoms with Gasteiger partial charge in [-0.15, -0.1) is 0 Å². The minimum Gasteiger partial charge on any atom is -0.469 e. The standard InChI is InChI=1S/C42H55N7O8/c1-29-9-11-30(12-10-29)26-42-16-5-20-49(28-42)38(52)14-13-36(50)44-18-15-34(39(53)45-19-23-56-22-17-43)47-37(51)24-31-6-2-3-7-32(31)27-46-40(54)35(48-41(42)55)25-33-8-4-21-57-33/h2-4,6-14,21,34-36,44,50H,5,15-20,22-28,43H2,1H3,(H,45,53)(H,46,54)(H,47,51)(H,48,55)/b14-13+/t34-,35-,36?,42-/m0/s1. The maximum Gasteiger partial charge on any atom is 0.246 e. The summed E-state index contributed by atoms with van der Waals surface area (Å²) in [6, 6.07) is 16.5. The van der Waals surface area contributed by atoms with Gasteiger partial charge in [0.15, 0.2) is 0 Å². The lowest BCUT2D eigenvalue weighted by molar-refractivity contribution is -0.141. The number of benzene rings is 2. The summed E-state index contributed by atoms with van der Waals surface area (Å²) in [6.45, 7) is 3.80. The van der Waals surface area contributed by atoms with E-state index in [1.165, 1.54) is 18.4 Å². The molecule has 1 aromatic heterocycles. The zero-order valence-corrected chi connectivity index (χ0v) is 32.5. The van der Waals surface area contributed by atoms with Gasteiger partial charge in [0.1, 0.15) is 24.1 Å². The van der Waals surface area contributed by atoms with Crippen molar-refractivity contribution in [3.8, 4) is 0 Å². The first-order chi connectivity index (χ1) is 27.5. The van der Waals surface area contributed by atoms with Crippen LogP contribution in [0.5, 0.6) is 0 Å². The Labute approximate surface area is 333 Å². The normalized spacial score (nSPS) is 23.5. The average Bonchev–Trinajstić information content (AvgIpc) is 3.72. The molecule has 15 heteroatoms. The third kappa shape index (κ3) is 12.8. The lowest BCUT2D eigenvalue weighted by Gasteiger charge is -2.42. The fourth-order valence-corrected chi connectivity index (χ4v) is 7.15.